The predicted molar refractivity (Wildman–Crippen MR) is 86.3 cm³/mol. The van der Waals surface area contributed by atoms with Gasteiger partial charge in [-0.2, -0.15) is 9.89 Å². The number of nitrogen functional groups attached to an aromatic ring is 1. The van der Waals surface area contributed by atoms with E-state index in [1.54, 1.807) is 4.57 Å². The highest BCUT2D eigenvalue weighted by Gasteiger charge is 2.40. The monoisotopic (exact) mass is 336 g/mol. The lowest BCUT2D eigenvalue weighted by atomic mass is 9.85. The Morgan fingerprint density at radius 1 is 1.42 bits per heavy atom. The van der Waals surface area contributed by atoms with Crippen LogP contribution in [0.3, 0.4) is 0 Å². The maximum atomic E-state index is 11.8. The molecule has 0 atom stereocenters. The van der Waals surface area contributed by atoms with Crippen LogP contribution in [0.4, 0.5) is 5.95 Å². The molecule has 0 unspecified atom stereocenters. The van der Waals surface area contributed by atoms with Crippen LogP contribution in [0, 0.1) is 10.3 Å². The molecular weight excluding hydrogens is 316 g/mol. The molecule has 0 aliphatic carbocycles. The third kappa shape index (κ3) is 3.15. The van der Waals surface area contributed by atoms with Gasteiger partial charge in [0.1, 0.15) is 0 Å². The smallest absolute Gasteiger partial charge is 0.280 e. The van der Waals surface area contributed by atoms with Crippen LogP contribution < -0.4 is 11.3 Å². The number of rotatable bonds is 5. The second-order valence-corrected chi connectivity index (χ2v) is 6.58. The second-order valence-electron chi connectivity index (χ2n) is 6.58. The number of ether oxygens (including phenoxy) is 2. The summed E-state index contributed by atoms with van der Waals surface area (Å²) in [6, 6.07) is 0. The maximum Gasteiger partial charge on any atom is 0.280 e. The summed E-state index contributed by atoms with van der Waals surface area (Å²) in [4.78, 5) is 33.3. The fourth-order valence-corrected chi connectivity index (χ4v) is 2.68. The van der Waals surface area contributed by atoms with E-state index in [-0.39, 0.29) is 23.6 Å². The Morgan fingerprint density at radius 2 is 2.12 bits per heavy atom. The summed E-state index contributed by atoms with van der Waals surface area (Å²) in [5.74, 6) is -0.637. The van der Waals surface area contributed by atoms with Crippen LogP contribution in [0.5, 0.6) is 0 Å². The Bertz CT molecular complexity index is 801. The van der Waals surface area contributed by atoms with Crippen LogP contribution in [0.1, 0.15) is 20.3 Å². The molecule has 3 rings (SSSR count). The molecular formula is C14H20N6O4. The Hall–Kier alpha value is -2.33. The highest BCUT2D eigenvalue weighted by molar-refractivity contribution is 5.70. The molecule has 3 N–H and O–H groups in total. The molecule has 24 heavy (non-hydrogen) atoms. The van der Waals surface area contributed by atoms with E-state index in [1.807, 2.05) is 13.8 Å². The molecule has 0 spiro atoms. The van der Waals surface area contributed by atoms with Gasteiger partial charge >= 0.3 is 0 Å². The number of hydrogen-bond acceptors (Lipinski definition) is 8. The number of nitrogens with two attached hydrogens (primary N) is 1. The summed E-state index contributed by atoms with van der Waals surface area (Å²) in [7, 11) is 0. The minimum atomic E-state index is -0.669. The minimum absolute atomic E-state index is 0.0320. The number of hydrogen-bond donors (Lipinski definition) is 2. The van der Waals surface area contributed by atoms with E-state index >= 15 is 0 Å². The molecule has 0 saturated carbocycles. The number of fused-ring (bicyclic) bond motifs is 1. The number of aromatic amines is 1. The number of nitrogens with one attached hydrogen (secondary N) is 1. The quantitative estimate of drug-likeness (QED) is 0.764. The molecule has 1 saturated heterocycles. The number of nitrogens with zero attached hydrogens (tertiary/aromatic N) is 4. The first kappa shape index (κ1) is 16.5. The van der Waals surface area contributed by atoms with Crippen molar-refractivity contribution in [3.8, 4) is 0 Å². The van der Waals surface area contributed by atoms with Gasteiger partial charge < -0.3 is 19.8 Å². The van der Waals surface area contributed by atoms with Crippen molar-refractivity contribution in [2.45, 2.75) is 32.6 Å². The van der Waals surface area contributed by atoms with Crippen LogP contribution in [0.15, 0.2) is 16.3 Å². The van der Waals surface area contributed by atoms with E-state index in [0.717, 1.165) is 0 Å². The molecule has 0 amide bonds. The van der Waals surface area contributed by atoms with Crippen LogP contribution in [-0.2, 0) is 16.0 Å². The van der Waals surface area contributed by atoms with Crippen molar-refractivity contribution in [1.29, 1.82) is 0 Å². The topological polar surface area (TPSA) is 137 Å². The summed E-state index contributed by atoms with van der Waals surface area (Å²) < 4.78 is 13.1. The van der Waals surface area contributed by atoms with E-state index < -0.39 is 11.2 Å². The average Bonchev–Trinajstić information content (AvgIpc) is 2.92. The second kappa shape index (κ2) is 5.95. The van der Waals surface area contributed by atoms with Crippen LogP contribution >= 0.6 is 0 Å². The Morgan fingerprint density at radius 3 is 2.79 bits per heavy atom. The molecule has 0 radical (unpaired) electrons. The van der Waals surface area contributed by atoms with Crippen molar-refractivity contribution < 1.29 is 9.47 Å². The Labute approximate surface area is 137 Å². The normalized spacial score (nSPS) is 19.4. The maximum absolute atomic E-state index is 11.8. The molecule has 10 heteroatoms. The summed E-state index contributed by atoms with van der Waals surface area (Å²) in [5.41, 5.74) is 5.33. The minimum Gasteiger partial charge on any atom is -0.369 e. The van der Waals surface area contributed by atoms with Crippen molar-refractivity contribution in [2.24, 2.45) is 10.6 Å². The van der Waals surface area contributed by atoms with Crippen LogP contribution in [-0.4, -0.2) is 45.1 Å². The Balaban J connectivity index is 1.81. The molecule has 10 nitrogen and oxygen atoms in total. The Kier molecular flexibility index (Phi) is 4.10. The van der Waals surface area contributed by atoms with Gasteiger partial charge in [0.25, 0.3) is 5.56 Å². The summed E-state index contributed by atoms with van der Waals surface area (Å²) >= 11 is 0. The van der Waals surface area contributed by atoms with Crippen molar-refractivity contribution >= 4 is 17.1 Å². The van der Waals surface area contributed by atoms with Crippen molar-refractivity contribution in [3.63, 3.8) is 0 Å². The van der Waals surface area contributed by atoms with Gasteiger partial charge in [-0.1, -0.05) is 5.18 Å². The van der Waals surface area contributed by atoms with Gasteiger partial charge in [0.05, 0.1) is 26.1 Å². The van der Waals surface area contributed by atoms with Gasteiger partial charge in [-0.05, 0) is 20.3 Å². The first-order valence-electron chi connectivity index (χ1n) is 7.62. The van der Waals surface area contributed by atoms with E-state index in [1.165, 1.54) is 6.33 Å². The van der Waals surface area contributed by atoms with Gasteiger partial charge in [-0.25, -0.2) is 4.98 Å². The molecule has 2 aromatic rings. The van der Waals surface area contributed by atoms with E-state index in [0.29, 0.717) is 31.8 Å². The van der Waals surface area contributed by atoms with Gasteiger partial charge in [0.15, 0.2) is 17.0 Å². The largest absolute Gasteiger partial charge is 0.369 e. The third-order valence-electron chi connectivity index (χ3n) is 4.23. The highest BCUT2D eigenvalue weighted by Crippen LogP contribution is 2.33. The number of H-pyrrole nitrogens is 1. The number of imidazole rings is 1. The summed E-state index contributed by atoms with van der Waals surface area (Å²) in [6.07, 6.45) is 2.09. The molecule has 0 aromatic carbocycles. The van der Waals surface area contributed by atoms with Crippen molar-refractivity contribution in [1.82, 2.24) is 19.5 Å². The number of aryl methyl sites for hydroxylation is 1. The fraction of sp³-hybridized carbons (Fsp3) is 0.643. The zero-order valence-corrected chi connectivity index (χ0v) is 13.6. The molecule has 1 fully saturated rings. The predicted octanol–water partition coefficient (Wildman–Crippen LogP) is 0.628. The zero-order valence-electron chi connectivity index (χ0n) is 13.6. The molecule has 1 aliphatic heterocycles. The van der Waals surface area contributed by atoms with Crippen LogP contribution in [0.25, 0.3) is 11.2 Å². The molecule has 1 aliphatic rings. The average molecular weight is 336 g/mol. The van der Waals surface area contributed by atoms with Gasteiger partial charge in [0.2, 0.25) is 5.95 Å². The number of nitroso groups, excluding NO2 is 1. The summed E-state index contributed by atoms with van der Waals surface area (Å²) in [5, 5.41) is 3.04. The van der Waals surface area contributed by atoms with Gasteiger partial charge in [0, 0.05) is 12.0 Å². The lowest BCUT2D eigenvalue weighted by molar-refractivity contribution is -0.284. The summed E-state index contributed by atoms with van der Waals surface area (Å²) in [6.45, 7) is 4.96. The molecule has 130 valence electrons. The lowest BCUT2D eigenvalue weighted by Gasteiger charge is -2.42. The number of aromatic nitrogens is 4. The van der Waals surface area contributed by atoms with E-state index in [2.05, 4.69) is 20.1 Å². The molecule has 2 aromatic heterocycles. The molecule has 0 bridgehead atoms. The lowest BCUT2D eigenvalue weighted by Crippen LogP contribution is -2.48. The fourth-order valence-electron chi connectivity index (χ4n) is 2.68. The molecule has 3 heterocycles. The van der Waals surface area contributed by atoms with Crippen LogP contribution in [0.2, 0.25) is 0 Å². The first-order valence-corrected chi connectivity index (χ1v) is 7.62. The first-order chi connectivity index (χ1) is 11.3. The highest BCUT2D eigenvalue weighted by atomic mass is 16.7. The van der Waals surface area contributed by atoms with Crippen molar-refractivity contribution in [3.05, 3.63) is 21.6 Å². The van der Waals surface area contributed by atoms with Crippen molar-refractivity contribution in [2.75, 3.05) is 25.5 Å². The van der Waals surface area contributed by atoms with E-state index in [9.17, 15) is 9.70 Å². The standard InChI is InChI=1S/C14H20N6O4/c1-13(2)23-6-14(5-17-22,7-24-13)3-4-20-8-16-9-10(20)18-12(15)19-11(9)21/h8H,3-7H2,1-2H3,(H3,15,18,19,21). The van der Waals surface area contributed by atoms with Gasteiger partial charge in [-0.3, -0.25) is 9.78 Å². The SMILES string of the molecule is CC1(C)OCC(CCn2cnc3c(=O)[nH]c(N)nc32)(CN=O)CO1. The third-order valence-corrected chi connectivity index (χ3v) is 4.23. The van der Waals surface area contributed by atoms with Gasteiger partial charge in [-0.15, -0.1) is 0 Å². The zero-order chi connectivity index (χ0) is 17.4. The van der Waals surface area contributed by atoms with E-state index in [4.69, 9.17) is 15.2 Å². The number of anilines is 1.